The highest BCUT2D eigenvalue weighted by Crippen LogP contribution is 2.29. The monoisotopic (exact) mass is 379 g/mol. The Bertz CT molecular complexity index is 580. The second kappa shape index (κ2) is 4.29. The standard InChI is InChI=1S/C10H14IN5OS/c1-10(12)2-3-15(5-6(10)17)9-14-16-7(11)4-13-8(16)18-9/h4,6,17H,2-3,5,12H2,1H3/t6-,10-/m1/s1. The third kappa shape index (κ3) is 2.00. The molecule has 18 heavy (non-hydrogen) atoms. The summed E-state index contributed by atoms with van der Waals surface area (Å²) in [5.41, 5.74) is 5.53. The first-order chi connectivity index (χ1) is 8.47. The second-order valence-electron chi connectivity index (χ2n) is 4.88. The van der Waals surface area contributed by atoms with Crippen molar-refractivity contribution < 1.29 is 5.11 Å². The molecule has 0 saturated carbocycles. The minimum absolute atomic E-state index is 0.498. The molecule has 3 N–H and O–H groups in total. The predicted octanol–water partition coefficient (Wildman–Crippen LogP) is 0.684. The molecule has 2 aromatic rings. The lowest BCUT2D eigenvalue weighted by atomic mass is 9.88. The maximum absolute atomic E-state index is 10.0. The molecule has 1 aliphatic heterocycles. The molecule has 2 atom stereocenters. The summed E-state index contributed by atoms with van der Waals surface area (Å²) in [6.45, 7) is 3.24. The highest BCUT2D eigenvalue weighted by molar-refractivity contribution is 14.1. The smallest absolute Gasteiger partial charge is 0.214 e. The number of aromatic nitrogens is 3. The summed E-state index contributed by atoms with van der Waals surface area (Å²) in [4.78, 5) is 7.24. The molecule has 1 fully saturated rings. The van der Waals surface area contributed by atoms with Crippen LogP contribution in [0.4, 0.5) is 5.13 Å². The first-order valence-electron chi connectivity index (χ1n) is 5.69. The molecule has 0 radical (unpaired) electrons. The number of nitrogens with two attached hydrogens (primary N) is 1. The van der Waals surface area contributed by atoms with E-state index in [-0.39, 0.29) is 0 Å². The first kappa shape index (κ1) is 12.6. The van der Waals surface area contributed by atoms with Gasteiger partial charge in [-0.05, 0) is 35.9 Å². The zero-order valence-electron chi connectivity index (χ0n) is 9.88. The minimum atomic E-state index is -0.526. The van der Waals surface area contributed by atoms with Crippen molar-refractivity contribution in [3.8, 4) is 0 Å². The predicted molar refractivity (Wildman–Crippen MR) is 79.0 cm³/mol. The molecule has 1 aliphatic rings. The molecule has 3 rings (SSSR count). The van der Waals surface area contributed by atoms with Gasteiger partial charge in [-0.2, -0.15) is 4.52 Å². The normalized spacial score (nSPS) is 29.1. The van der Waals surface area contributed by atoms with Crippen LogP contribution in [0.5, 0.6) is 0 Å². The Morgan fingerprint density at radius 3 is 3.11 bits per heavy atom. The van der Waals surface area contributed by atoms with Crippen molar-refractivity contribution in [1.29, 1.82) is 0 Å². The van der Waals surface area contributed by atoms with Gasteiger partial charge < -0.3 is 15.7 Å². The Morgan fingerprint density at radius 2 is 2.44 bits per heavy atom. The largest absolute Gasteiger partial charge is 0.389 e. The first-order valence-corrected chi connectivity index (χ1v) is 7.59. The van der Waals surface area contributed by atoms with Crippen molar-refractivity contribution in [2.24, 2.45) is 5.73 Å². The molecule has 1 saturated heterocycles. The van der Waals surface area contributed by atoms with E-state index >= 15 is 0 Å². The Kier molecular flexibility index (Phi) is 3.00. The molecule has 2 aromatic heterocycles. The third-order valence-corrected chi connectivity index (χ3v) is 5.10. The zero-order chi connectivity index (χ0) is 12.9. The van der Waals surface area contributed by atoms with E-state index in [0.717, 1.165) is 26.8 Å². The number of imidazole rings is 1. The lowest BCUT2D eigenvalue weighted by Crippen LogP contribution is -2.59. The van der Waals surface area contributed by atoms with E-state index in [9.17, 15) is 5.11 Å². The number of halogens is 1. The molecule has 3 heterocycles. The quantitative estimate of drug-likeness (QED) is 0.713. The Hall–Kier alpha value is -0.450. The van der Waals surface area contributed by atoms with Crippen LogP contribution in [0.2, 0.25) is 0 Å². The molecule has 0 aromatic carbocycles. The molecular formula is C10H14IN5OS. The molecule has 8 heteroatoms. The number of piperidine rings is 1. The number of aliphatic hydroxyl groups excluding tert-OH is 1. The molecule has 6 nitrogen and oxygen atoms in total. The highest BCUT2D eigenvalue weighted by atomic mass is 127. The Morgan fingerprint density at radius 1 is 1.67 bits per heavy atom. The van der Waals surface area contributed by atoms with Crippen molar-refractivity contribution in [3.05, 3.63) is 9.90 Å². The fourth-order valence-electron chi connectivity index (χ4n) is 2.01. The van der Waals surface area contributed by atoms with Crippen LogP contribution in [-0.2, 0) is 0 Å². The summed E-state index contributed by atoms with van der Waals surface area (Å²) >= 11 is 3.74. The maximum atomic E-state index is 10.0. The average molecular weight is 379 g/mol. The average Bonchev–Trinajstić information content (AvgIpc) is 2.86. The summed E-state index contributed by atoms with van der Waals surface area (Å²) in [7, 11) is 0. The van der Waals surface area contributed by atoms with Crippen LogP contribution in [0.3, 0.4) is 0 Å². The minimum Gasteiger partial charge on any atom is -0.389 e. The van der Waals surface area contributed by atoms with Crippen molar-refractivity contribution in [3.63, 3.8) is 0 Å². The third-order valence-electron chi connectivity index (χ3n) is 3.38. The van der Waals surface area contributed by atoms with Crippen LogP contribution in [-0.4, -0.2) is 44.4 Å². The number of hydrogen-bond acceptors (Lipinski definition) is 6. The van der Waals surface area contributed by atoms with Crippen LogP contribution in [0.1, 0.15) is 13.3 Å². The number of fused-ring (bicyclic) bond motifs is 1. The van der Waals surface area contributed by atoms with Crippen LogP contribution in [0.25, 0.3) is 4.96 Å². The van der Waals surface area contributed by atoms with E-state index in [2.05, 4.69) is 37.6 Å². The van der Waals surface area contributed by atoms with Gasteiger partial charge in [-0.3, -0.25) is 0 Å². The van der Waals surface area contributed by atoms with Gasteiger partial charge in [0, 0.05) is 18.6 Å². The summed E-state index contributed by atoms with van der Waals surface area (Å²) in [6, 6.07) is 0. The molecule has 0 unspecified atom stereocenters. The van der Waals surface area contributed by atoms with E-state index in [1.165, 1.54) is 11.3 Å². The van der Waals surface area contributed by atoms with E-state index in [4.69, 9.17) is 5.73 Å². The van der Waals surface area contributed by atoms with Crippen LogP contribution < -0.4 is 10.6 Å². The number of rotatable bonds is 1. The number of aliphatic hydroxyl groups is 1. The summed E-state index contributed by atoms with van der Waals surface area (Å²) in [6.07, 6.45) is 2.03. The van der Waals surface area contributed by atoms with Crippen molar-refractivity contribution in [2.75, 3.05) is 18.0 Å². The van der Waals surface area contributed by atoms with Gasteiger partial charge >= 0.3 is 0 Å². The summed E-state index contributed by atoms with van der Waals surface area (Å²) in [5.74, 6) is 0. The van der Waals surface area contributed by atoms with Gasteiger partial charge in [0.05, 0.1) is 12.3 Å². The Labute approximate surface area is 122 Å². The Balaban J connectivity index is 1.87. The summed E-state index contributed by atoms with van der Waals surface area (Å²) in [5, 5.41) is 15.4. The van der Waals surface area contributed by atoms with E-state index in [0.29, 0.717) is 6.54 Å². The van der Waals surface area contributed by atoms with Gasteiger partial charge in [0.2, 0.25) is 10.1 Å². The second-order valence-corrected chi connectivity index (χ2v) is 6.92. The fourth-order valence-corrected chi connectivity index (χ4v) is 3.56. The maximum Gasteiger partial charge on any atom is 0.214 e. The SMILES string of the molecule is C[C@@]1(N)CCN(c2nn3c(I)cnc3s2)C[C@H]1O. The number of β-amino-alcohol motifs (C(OH)–C–C–N with tert-alkyl or cyclic N) is 1. The number of anilines is 1. The van der Waals surface area contributed by atoms with Gasteiger partial charge in [0.1, 0.15) is 3.70 Å². The molecule has 98 valence electrons. The highest BCUT2D eigenvalue weighted by Gasteiger charge is 2.35. The van der Waals surface area contributed by atoms with E-state index in [1.807, 2.05) is 11.4 Å². The molecule has 0 spiro atoms. The van der Waals surface area contributed by atoms with Gasteiger partial charge in [-0.15, -0.1) is 5.10 Å². The lowest BCUT2D eigenvalue weighted by Gasteiger charge is -2.40. The van der Waals surface area contributed by atoms with E-state index < -0.39 is 11.6 Å². The van der Waals surface area contributed by atoms with Crippen LogP contribution >= 0.6 is 33.9 Å². The topological polar surface area (TPSA) is 79.7 Å². The van der Waals surface area contributed by atoms with Crippen molar-refractivity contribution in [2.45, 2.75) is 25.0 Å². The van der Waals surface area contributed by atoms with Crippen molar-refractivity contribution >= 4 is 44.0 Å². The number of nitrogens with zero attached hydrogens (tertiary/aromatic N) is 4. The van der Waals surface area contributed by atoms with Crippen molar-refractivity contribution in [1.82, 2.24) is 14.6 Å². The van der Waals surface area contributed by atoms with Crippen LogP contribution in [0, 0.1) is 3.70 Å². The van der Waals surface area contributed by atoms with E-state index in [1.54, 1.807) is 6.20 Å². The van der Waals surface area contributed by atoms with Crippen LogP contribution in [0.15, 0.2) is 6.20 Å². The zero-order valence-corrected chi connectivity index (χ0v) is 12.8. The van der Waals surface area contributed by atoms with Gasteiger partial charge in [0.15, 0.2) is 0 Å². The van der Waals surface area contributed by atoms with Gasteiger partial charge in [-0.25, -0.2) is 4.98 Å². The van der Waals surface area contributed by atoms with Gasteiger partial charge in [-0.1, -0.05) is 11.3 Å². The molecule has 0 bridgehead atoms. The summed E-state index contributed by atoms with van der Waals surface area (Å²) < 4.78 is 2.81. The number of hydrogen-bond donors (Lipinski definition) is 2. The molecule has 0 aliphatic carbocycles. The molecular weight excluding hydrogens is 365 g/mol. The fraction of sp³-hybridized carbons (Fsp3) is 0.600. The lowest BCUT2D eigenvalue weighted by molar-refractivity contribution is 0.0794. The molecule has 0 amide bonds. The van der Waals surface area contributed by atoms with Gasteiger partial charge in [0.25, 0.3) is 0 Å².